The first-order valence-electron chi connectivity index (χ1n) is 9.23. The lowest BCUT2D eigenvalue weighted by atomic mass is 10.1. The number of thioether (sulfide) groups is 1. The van der Waals surface area contributed by atoms with Crippen molar-refractivity contribution in [3.05, 3.63) is 86.7 Å². The number of thiocarbonyl (C=S) groups is 1. The van der Waals surface area contributed by atoms with Crippen LogP contribution in [0, 0.1) is 6.92 Å². The number of rotatable bonds is 4. The van der Waals surface area contributed by atoms with Crippen molar-refractivity contribution < 1.29 is 14.7 Å². The molecule has 4 rings (SSSR count). The average molecular weight is 451 g/mol. The van der Waals surface area contributed by atoms with E-state index in [1.165, 1.54) is 21.7 Å². The van der Waals surface area contributed by atoms with E-state index in [4.69, 9.17) is 12.2 Å². The summed E-state index contributed by atoms with van der Waals surface area (Å²) >= 11 is 6.43. The van der Waals surface area contributed by atoms with Crippen molar-refractivity contribution >= 4 is 51.9 Å². The highest BCUT2D eigenvalue weighted by atomic mass is 32.2. The topological polar surface area (TPSA) is 87.4 Å². The maximum atomic E-state index is 13.3. The van der Waals surface area contributed by atoms with Crippen LogP contribution in [0.3, 0.4) is 0 Å². The molecule has 1 saturated heterocycles. The van der Waals surface area contributed by atoms with Gasteiger partial charge in [-0.25, -0.2) is 4.68 Å². The Morgan fingerprint density at radius 1 is 1.06 bits per heavy atom. The second kappa shape index (κ2) is 8.01. The fourth-order valence-corrected chi connectivity index (χ4v) is 4.68. The molecule has 0 unspecified atom stereocenters. The number of carboxylic acid groups (broad SMARTS) is 1. The predicted molar refractivity (Wildman–Crippen MR) is 122 cm³/mol. The van der Waals surface area contributed by atoms with Crippen LogP contribution in [0.5, 0.6) is 0 Å². The molecule has 1 aliphatic heterocycles. The third-order valence-electron chi connectivity index (χ3n) is 5.01. The van der Waals surface area contributed by atoms with E-state index in [0.717, 1.165) is 11.8 Å². The fourth-order valence-electron chi connectivity index (χ4n) is 3.42. The zero-order valence-corrected chi connectivity index (χ0v) is 18.2. The van der Waals surface area contributed by atoms with E-state index in [9.17, 15) is 19.5 Å². The Kier molecular flexibility index (Phi) is 5.38. The van der Waals surface area contributed by atoms with Crippen LogP contribution in [0.25, 0.3) is 11.8 Å². The van der Waals surface area contributed by atoms with Crippen molar-refractivity contribution in [3.8, 4) is 5.69 Å². The molecule has 0 saturated carbocycles. The van der Waals surface area contributed by atoms with Crippen molar-refractivity contribution in [2.45, 2.75) is 6.92 Å². The zero-order valence-electron chi connectivity index (χ0n) is 16.6. The molecule has 9 heteroatoms. The number of aromatic carboxylic acids is 1. The van der Waals surface area contributed by atoms with E-state index in [0.29, 0.717) is 16.9 Å². The number of aromatic nitrogens is 2. The van der Waals surface area contributed by atoms with Crippen molar-refractivity contribution in [2.75, 3.05) is 4.90 Å². The van der Waals surface area contributed by atoms with Crippen molar-refractivity contribution in [1.29, 1.82) is 0 Å². The van der Waals surface area contributed by atoms with Crippen LogP contribution in [-0.4, -0.2) is 25.6 Å². The summed E-state index contributed by atoms with van der Waals surface area (Å²) in [6.45, 7) is 1.74. The van der Waals surface area contributed by atoms with Crippen LogP contribution in [0.1, 0.15) is 21.6 Å². The first-order valence-corrected chi connectivity index (χ1v) is 10.5. The minimum Gasteiger partial charge on any atom is -0.545 e. The second-order valence-electron chi connectivity index (χ2n) is 6.80. The molecule has 1 fully saturated rings. The molecule has 1 aromatic heterocycles. The van der Waals surface area contributed by atoms with E-state index >= 15 is 0 Å². The summed E-state index contributed by atoms with van der Waals surface area (Å²) in [7, 11) is 1.73. The summed E-state index contributed by atoms with van der Waals surface area (Å²) in [6, 6.07) is 15.3. The second-order valence-corrected chi connectivity index (χ2v) is 8.48. The molecule has 2 heterocycles. The molecule has 2 aromatic carbocycles. The lowest BCUT2D eigenvalue weighted by Gasteiger charge is -2.12. The normalized spacial score (nSPS) is 15.2. The number of benzene rings is 2. The Labute approximate surface area is 187 Å². The number of hydrogen-bond acceptors (Lipinski definition) is 6. The smallest absolute Gasteiger partial charge is 0.296 e. The molecule has 156 valence electrons. The minimum absolute atomic E-state index is 0.0323. The van der Waals surface area contributed by atoms with Crippen molar-refractivity contribution in [1.82, 2.24) is 9.36 Å². The molecule has 3 aromatic rings. The van der Waals surface area contributed by atoms with Gasteiger partial charge in [-0.2, -0.15) is 0 Å². The molecular weight excluding hydrogens is 434 g/mol. The number of anilines is 1. The molecule has 1 amide bonds. The molecular formula is C22H16N3O4S2-. The summed E-state index contributed by atoms with van der Waals surface area (Å²) in [4.78, 5) is 39.3. The number of carbonyl (C=O) groups excluding carboxylic acids is 2. The molecule has 0 aliphatic carbocycles. The Morgan fingerprint density at radius 2 is 1.71 bits per heavy atom. The molecule has 31 heavy (non-hydrogen) atoms. The van der Waals surface area contributed by atoms with Gasteiger partial charge in [-0.15, -0.1) is 0 Å². The number of carbonyl (C=O) groups is 2. The molecule has 0 N–H and O–H groups in total. The van der Waals surface area contributed by atoms with E-state index < -0.39 is 11.9 Å². The van der Waals surface area contributed by atoms with Gasteiger partial charge >= 0.3 is 0 Å². The van der Waals surface area contributed by atoms with E-state index in [2.05, 4.69) is 0 Å². The van der Waals surface area contributed by atoms with Crippen LogP contribution in [0.2, 0.25) is 0 Å². The number of amides is 1. The summed E-state index contributed by atoms with van der Waals surface area (Å²) in [5, 5.41) is 11.4. The molecule has 7 nitrogen and oxygen atoms in total. The van der Waals surface area contributed by atoms with Gasteiger partial charge in [-0.05, 0) is 30.7 Å². The Morgan fingerprint density at radius 3 is 2.39 bits per heavy atom. The van der Waals surface area contributed by atoms with Gasteiger partial charge in [0.25, 0.3) is 11.5 Å². The fraction of sp³-hybridized carbons (Fsp3) is 0.0909. The van der Waals surface area contributed by atoms with Gasteiger partial charge < -0.3 is 9.90 Å². The van der Waals surface area contributed by atoms with Gasteiger partial charge in [0.15, 0.2) is 4.32 Å². The average Bonchev–Trinajstić information content (AvgIpc) is 3.14. The molecule has 0 spiro atoms. The molecule has 1 aliphatic rings. The van der Waals surface area contributed by atoms with Gasteiger partial charge in [0.05, 0.1) is 22.3 Å². The quantitative estimate of drug-likeness (QED) is 0.448. The number of nitrogens with zero attached hydrogens (tertiary/aromatic N) is 3. The van der Waals surface area contributed by atoms with Crippen LogP contribution in [0.15, 0.2) is 64.3 Å². The summed E-state index contributed by atoms with van der Waals surface area (Å²) in [6.07, 6.45) is 1.46. The van der Waals surface area contributed by atoms with Crippen LogP contribution >= 0.6 is 24.0 Å². The summed E-state index contributed by atoms with van der Waals surface area (Å²) in [5.74, 6) is -1.82. The number of hydrogen-bond donors (Lipinski definition) is 0. The van der Waals surface area contributed by atoms with Gasteiger partial charge in [0.1, 0.15) is 5.69 Å². The lowest BCUT2D eigenvalue weighted by Crippen LogP contribution is -2.33. The Hall–Kier alpha value is -3.43. The maximum absolute atomic E-state index is 13.3. The molecule has 0 atom stereocenters. The maximum Gasteiger partial charge on any atom is 0.296 e. The largest absolute Gasteiger partial charge is 0.545 e. The first kappa shape index (κ1) is 20.8. The van der Waals surface area contributed by atoms with Gasteiger partial charge in [-0.1, -0.05) is 66.4 Å². The third kappa shape index (κ3) is 3.51. The highest BCUT2D eigenvalue weighted by Gasteiger charge is 2.37. The summed E-state index contributed by atoms with van der Waals surface area (Å²) < 4.78 is 3.34. The molecule has 0 bridgehead atoms. The SMILES string of the molecule is Cc1c(N2C(=O)C(=Cc3ccccc3C(=O)[O-])SC2=S)c(=O)n(-c2ccccc2)n1C. The van der Waals surface area contributed by atoms with Crippen LogP contribution < -0.4 is 15.6 Å². The van der Waals surface area contributed by atoms with Crippen LogP contribution in [0.4, 0.5) is 5.69 Å². The Bertz CT molecular complexity index is 1320. The minimum atomic E-state index is -1.34. The van der Waals surface area contributed by atoms with E-state index in [1.54, 1.807) is 49.0 Å². The third-order valence-corrected chi connectivity index (χ3v) is 6.31. The number of para-hydroxylation sites is 1. The van der Waals surface area contributed by atoms with Gasteiger partial charge in [-0.3, -0.25) is 19.2 Å². The van der Waals surface area contributed by atoms with Crippen LogP contribution in [-0.2, 0) is 11.8 Å². The predicted octanol–water partition coefficient (Wildman–Crippen LogP) is 2.25. The van der Waals surface area contributed by atoms with E-state index in [1.807, 2.05) is 18.2 Å². The standard InChI is InChI=1S/C22H17N3O4S2/c1-13-18(20(27)25(23(13)2)15-9-4-3-5-10-15)24-19(26)17(31-22(24)30)12-14-8-6-7-11-16(14)21(28)29/h3-12H,1-2H3,(H,28,29)/p-1. The number of carboxylic acids is 1. The first-order chi connectivity index (χ1) is 14.8. The highest BCUT2D eigenvalue weighted by molar-refractivity contribution is 8.27. The van der Waals surface area contributed by atoms with Gasteiger partial charge in [0.2, 0.25) is 0 Å². The van der Waals surface area contributed by atoms with Crippen molar-refractivity contribution in [2.24, 2.45) is 7.05 Å². The zero-order chi connectivity index (χ0) is 22.3. The lowest BCUT2D eigenvalue weighted by molar-refractivity contribution is -0.255. The van der Waals surface area contributed by atoms with E-state index in [-0.39, 0.29) is 26.0 Å². The highest BCUT2D eigenvalue weighted by Crippen LogP contribution is 2.36. The summed E-state index contributed by atoms with van der Waals surface area (Å²) in [5.41, 5.74) is 1.32. The molecule has 0 radical (unpaired) electrons. The monoisotopic (exact) mass is 450 g/mol. The van der Waals surface area contributed by atoms with Gasteiger partial charge in [0, 0.05) is 12.6 Å². The van der Waals surface area contributed by atoms with Crippen molar-refractivity contribution in [3.63, 3.8) is 0 Å². The Balaban J connectivity index is 1.80.